The van der Waals surface area contributed by atoms with E-state index in [0.29, 0.717) is 29.7 Å². The molecule has 1 saturated heterocycles. The number of ether oxygens (including phenoxy) is 2. The molecule has 0 unspecified atom stereocenters. The smallest absolute Gasteiger partial charge is 0.243 e. The number of nitrogens with zero attached hydrogens (tertiary/aromatic N) is 3. The molecule has 2 aromatic rings. The van der Waals surface area contributed by atoms with E-state index in [9.17, 15) is 13.2 Å². The van der Waals surface area contributed by atoms with Crippen molar-refractivity contribution in [2.45, 2.75) is 31.6 Å². The second kappa shape index (κ2) is 12.7. The van der Waals surface area contributed by atoms with Crippen LogP contribution in [-0.4, -0.2) is 90.5 Å². The molecular formula is C27H39N3O5S. The van der Waals surface area contributed by atoms with Gasteiger partial charge in [0.15, 0.2) is 5.78 Å². The van der Waals surface area contributed by atoms with Crippen molar-refractivity contribution in [1.82, 2.24) is 9.21 Å². The number of methoxy groups -OCH3 is 1. The van der Waals surface area contributed by atoms with Crippen LogP contribution in [0.2, 0.25) is 0 Å². The number of rotatable bonds is 12. The van der Waals surface area contributed by atoms with E-state index < -0.39 is 10.0 Å². The largest absolute Gasteiger partial charge is 0.497 e. The van der Waals surface area contributed by atoms with Gasteiger partial charge in [-0.1, -0.05) is 12.1 Å². The molecule has 0 aliphatic carbocycles. The first kappa shape index (κ1) is 28.1. The molecule has 1 aliphatic heterocycles. The van der Waals surface area contributed by atoms with Crippen LogP contribution in [0.5, 0.6) is 5.75 Å². The van der Waals surface area contributed by atoms with E-state index in [1.165, 1.54) is 17.0 Å². The molecule has 0 N–H and O–H groups in total. The Balaban J connectivity index is 1.41. The van der Waals surface area contributed by atoms with Crippen LogP contribution >= 0.6 is 0 Å². The number of aryl methyl sites for hydroxylation is 3. The lowest BCUT2D eigenvalue weighted by Crippen LogP contribution is -2.44. The Morgan fingerprint density at radius 2 is 1.64 bits per heavy atom. The van der Waals surface area contributed by atoms with E-state index in [1.807, 2.05) is 0 Å². The van der Waals surface area contributed by atoms with E-state index in [1.54, 1.807) is 33.1 Å². The average Bonchev–Trinajstić information content (AvgIpc) is 2.85. The number of Topliss-reactive ketones (excluding diaryl/α,β-unsaturated/α-hetero) is 1. The zero-order valence-corrected chi connectivity index (χ0v) is 22.9. The number of carbonyl (C=O) groups is 1. The maximum atomic E-state index is 13.1. The molecule has 0 radical (unpaired) electrons. The highest BCUT2D eigenvalue weighted by atomic mass is 32.2. The topological polar surface area (TPSA) is 79.4 Å². The van der Waals surface area contributed by atoms with Crippen molar-refractivity contribution in [2.24, 2.45) is 0 Å². The van der Waals surface area contributed by atoms with Crippen LogP contribution in [0, 0.1) is 13.8 Å². The molecule has 2 aromatic carbocycles. The molecule has 1 heterocycles. The van der Waals surface area contributed by atoms with Gasteiger partial charge < -0.3 is 19.3 Å². The number of hydrogen-bond acceptors (Lipinski definition) is 7. The fourth-order valence-electron chi connectivity index (χ4n) is 4.38. The number of hydrogen-bond donors (Lipinski definition) is 0. The monoisotopic (exact) mass is 517 g/mol. The highest BCUT2D eigenvalue weighted by Gasteiger charge is 2.25. The summed E-state index contributed by atoms with van der Waals surface area (Å²) in [5.41, 5.74) is 3.61. The Morgan fingerprint density at radius 1 is 1.03 bits per heavy atom. The second-order valence-electron chi connectivity index (χ2n) is 9.46. The van der Waals surface area contributed by atoms with Crippen LogP contribution in [0.3, 0.4) is 0 Å². The van der Waals surface area contributed by atoms with Gasteiger partial charge in [-0.05, 0) is 68.3 Å². The third-order valence-electron chi connectivity index (χ3n) is 6.65. The van der Waals surface area contributed by atoms with E-state index in [4.69, 9.17) is 9.47 Å². The minimum absolute atomic E-state index is 0.00509. The minimum atomic E-state index is -3.68. The SMILES string of the molecule is COc1cc(C)c(S(=O)(=O)N(C)CCOCC(=O)CCc2ccc(N3CCN(C)CC3)cc2)c(C)c1. The first-order chi connectivity index (χ1) is 17.1. The molecule has 0 bridgehead atoms. The predicted molar refractivity (Wildman–Crippen MR) is 143 cm³/mol. The van der Waals surface area contributed by atoms with Crippen LogP contribution in [0.4, 0.5) is 5.69 Å². The van der Waals surface area contributed by atoms with Crippen LogP contribution in [0.25, 0.3) is 0 Å². The Hall–Kier alpha value is -2.46. The van der Waals surface area contributed by atoms with Gasteiger partial charge >= 0.3 is 0 Å². The predicted octanol–water partition coefficient (Wildman–Crippen LogP) is 2.90. The number of piperazine rings is 1. The van der Waals surface area contributed by atoms with Crippen LogP contribution in [0.15, 0.2) is 41.3 Å². The van der Waals surface area contributed by atoms with E-state index in [2.05, 4.69) is 41.1 Å². The minimum Gasteiger partial charge on any atom is -0.497 e. The lowest BCUT2D eigenvalue weighted by molar-refractivity contribution is -0.123. The van der Waals surface area contributed by atoms with Gasteiger partial charge in [0.2, 0.25) is 10.0 Å². The summed E-state index contributed by atoms with van der Waals surface area (Å²) in [6.07, 6.45) is 1.06. The van der Waals surface area contributed by atoms with Gasteiger partial charge in [-0.25, -0.2) is 8.42 Å². The highest BCUT2D eigenvalue weighted by Crippen LogP contribution is 2.27. The molecule has 0 aromatic heterocycles. The summed E-state index contributed by atoms with van der Waals surface area (Å²) in [6.45, 7) is 7.99. The average molecular weight is 518 g/mol. The van der Waals surface area contributed by atoms with Gasteiger partial charge in [0.05, 0.1) is 18.6 Å². The summed E-state index contributed by atoms with van der Waals surface area (Å²) in [5, 5.41) is 0. The molecule has 36 heavy (non-hydrogen) atoms. The lowest BCUT2D eigenvalue weighted by Gasteiger charge is -2.34. The normalized spacial score (nSPS) is 14.9. The van der Waals surface area contributed by atoms with Gasteiger partial charge in [0.1, 0.15) is 12.4 Å². The van der Waals surface area contributed by atoms with Crippen molar-refractivity contribution in [1.29, 1.82) is 0 Å². The number of ketones is 1. The summed E-state index contributed by atoms with van der Waals surface area (Å²) in [6, 6.07) is 11.9. The Labute approximate surface area is 215 Å². The Bertz CT molecular complexity index is 1100. The van der Waals surface area contributed by atoms with Crippen LogP contribution in [0.1, 0.15) is 23.1 Å². The van der Waals surface area contributed by atoms with Crippen molar-refractivity contribution in [2.75, 3.05) is 72.0 Å². The quantitative estimate of drug-likeness (QED) is 0.401. The van der Waals surface area contributed by atoms with Crippen molar-refractivity contribution >= 4 is 21.5 Å². The third-order valence-corrected chi connectivity index (χ3v) is 8.81. The fraction of sp³-hybridized carbons (Fsp3) is 0.519. The highest BCUT2D eigenvalue weighted by molar-refractivity contribution is 7.89. The van der Waals surface area contributed by atoms with Gasteiger partial charge in [0.25, 0.3) is 0 Å². The molecule has 1 fully saturated rings. The molecule has 0 saturated carbocycles. The third kappa shape index (κ3) is 7.29. The molecule has 1 aliphatic rings. The first-order valence-corrected chi connectivity index (χ1v) is 13.8. The van der Waals surface area contributed by atoms with Crippen molar-refractivity contribution in [3.8, 4) is 5.75 Å². The fourth-order valence-corrected chi connectivity index (χ4v) is 5.94. The second-order valence-corrected chi connectivity index (χ2v) is 11.4. The number of benzene rings is 2. The summed E-state index contributed by atoms with van der Waals surface area (Å²) in [5.74, 6) is 0.630. The summed E-state index contributed by atoms with van der Waals surface area (Å²) in [7, 11) is 1.54. The lowest BCUT2D eigenvalue weighted by atomic mass is 10.1. The summed E-state index contributed by atoms with van der Waals surface area (Å²) < 4.78 is 38.1. The van der Waals surface area contributed by atoms with Crippen molar-refractivity contribution in [3.05, 3.63) is 53.1 Å². The van der Waals surface area contributed by atoms with Gasteiger partial charge in [-0.3, -0.25) is 4.79 Å². The molecule has 9 heteroatoms. The molecule has 198 valence electrons. The Kier molecular flexibility index (Phi) is 9.90. The number of likely N-dealkylation sites (N-methyl/N-ethyl adjacent to an activating group) is 2. The molecule has 3 rings (SSSR count). The number of anilines is 1. The number of carbonyl (C=O) groups excluding carboxylic acids is 1. The molecule has 0 amide bonds. The first-order valence-electron chi connectivity index (χ1n) is 12.3. The van der Waals surface area contributed by atoms with E-state index in [-0.39, 0.29) is 30.4 Å². The van der Waals surface area contributed by atoms with Crippen molar-refractivity contribution < 1.29 is 22.7 Å². The molecule has 8 nitrogen and oxygen atoms in total. The van der Waals surface area contributed by atoms with Crippen molar-refractivity contribution in [3.63, 3.8) is 0 Å². The van der Waals surface area contributed by atoms with Gasteiger partial charge in [-0.2, -0.15) is 4.31 Å². The van der Waals surface area contributed by atoms with Gasteiger partial charge in [-0.15, -0.1) is 0 Å². The Morgan fingerprint density at radius 3 is 2.22 bits per heavy atom. The zero-order valence-electron chi connectivity index (χ0n) is 22.1. The molecular weight excluding hydrogens is 478 g/mol. The molecule has 0 atom stereocenters. The van der Waals surface area contributed by atoms with Crippen LogP contribution in [-0.2, 0) is 26.0 Å². The maximum Gasteiger partial charge on any atom is 0.243 e. The zero-order chi connectivity index (χ0) is 26.3. The summed E-state index contributed by atoms with van der Waals surface area (Å²) >= 11 is 0. The van der Waals surface area contributed by atoms with E-state index in [0.717, 1.165) is 31.7 Å². The van der Waals surface area contributed by atoms with Crippen LogP contribution < -0.4 is 9.64 Å². The summed E-state index contributed by atoms with van der Waals surface area (Å²) in [4.78, 5) is 17.3. The standard InChI is InChI=1S/C27H39N3O5S/c1-21-18-26(34-5)19-22(2)27(21)36(32,33)29(4)16-17-35-20-25(31)11-8-23-6-9-24(10-7-23)30-14-12-28(3)13-15-30/h6-7,9-10,18-19H,8,11-17,20H2,1-5H3. The maximum absolute atomic E-state index is 13.1. The number of sulfonamides is 1. The van der Waals surface area contributed by atoms with E-state index >= 15 is 0 Å². The van der Waals surface area contributed by atoms with Gasteiger partial charge in [0, 0.05) is 51.9 Å². The molecule has 0 spiro atoms.